The number of nitrogens with zero attached hydrogens (tertiary/aromatic N) is 2. The summed E-state index contributed by atoms with van der Waals surface area (Å²) in [5, 5.41) is 15.0. The lowest BCUT2D eigenvalue weighted by Gasteiger charge is -2.15. The molecule has 0 unspecified atom stereocenters. The SMILES string of the molecule is COC(=O)N[C@@H](COCCCCCCNC(=N)NC(=O)c1nc(Cl)c(N)nc1N)C(=O)OC. The zero-order chi connectivity index (χ0) is 24.8. The van der Waals surface area contributed by atoms with Gasteiger partial charge in [-0.2, -0.15) is 0 Å². The van der Waals surface area contributed by atoms with Crippen molar-refractivity contribution in [2.24, 2.45) is 0 Å². The minimum Gasteiger partial charge on any atom is -0.467 e. The Bertz CT molecular complexity index is 840. The largest absolute Gasteiger partial charge is 0.467 e. The van der Waals surface area contributed by atoms with Gasteiger partial charge in [0, 0.05) is 13.2 Å². The van der Waals surface area contributed by atoms with Crippen molar-refractivity contribution in [2.45, 2.75) is 31.7 Å². The molecule has 1 aromatic heterocycles. The van der Waals surface area contributed by atoms with E-state index in [9.17, 15) is 14.4 Å². The second-order valence-corrected chi connectivity index (χ2v) is 6.95. The summed E-state index contributed by atoms with van der Waals surface area (Å²) in [6.07, 6.45) is 2.39. The molecule has 0 bridgehead atoms. The number of anilines is 2. The van der Waals surface area contributed by atoms with E-state index in [1.165, 1.54) is 14.2 Å². The number of guanidine groups is 1. The number of methoxy groups -OCH3 is 2. The average molecular weight is 489 g/mol. The number of hydrogen-bond donors (Lipinski definition) is 6. The third kappa shape index (κ3) is 10.2. The van der Waals surface area contributed by atoms with Crippen LogP contribution in [0.2, 0.25) is 5.15 Å². The van der Waals surface area contributed by atoms with Crippen molar-refractivity contribution in [3.8, 4) is 0 Å². The van der Waals surface area contributed by atoms with Gasteiger partial charge in [-0.3, -0.25) is 15.5 Å². The summed E-state index contributed by atoms with van der Waals surface area (Å²) in [6.45, 7) is 0.813. The summed E-state index contributed by atoms with van der Waals surface area (Å²) in [5.74, 6) is -1.86. The molecule has 0 aliphatic heterocycles. The predicted octanol–water partition coefficient (Wildman–Crippen LogP) is 0.0232. The number of aromatic nitrogens is 2. The number of nitrogen functional groups attached to an aromatic ring is 2. The van der Waals surface area contributed by atoms with Gasteiger partial charge >= 0.3 is 12.1 Å². The molecule has 0 fully saturated rings. The normalized spacial score (nSPS) is 11.2. The van der Waals surface area contributed by atoms with Gasteiger partial charge in [0.05, 0.1) is 20.8 Å². The van der Waals surface area contributed by atoms with Crippen LogP contribution in [0.5, 0.6) is 0 Å². The maximum atomic E-state index is 12.1. The highest BCUT2D eigenvalue weighted by atomic mass is 35.5. The van der Waals surface area contributed by atoms with Crippen molar-refractivity contribution in [2.75, 3.05) is 45.4 Å². The number of halogens is 1. The quantitative estimate of drug-likeness (QED) is 0.0996. The number of esters is 1. The van der Waals surface area contributed by atoms with Gasteiger partial charge < -0.3 is 36.3 Å². The van der Waals surface area contributed by atoms with Crippen LogP contribution in [0, 0.1) is 5.41 Å². The van der Waals surface area contributed by atoms with Crippen molar-refractivity contribution >= 4 is 47.2 Å². The first-order chi connectivity index (χ1) is 15.7. The lowest BCUT2D eigenvalue weighted by molar-refractivity contribution is -0.144. The molecule has 1 atom stereocenters. The van der Waals surface area contributed by atoms with Crippen LogP contribution >= 0.6 is 11.6 Å². The molecule has 0 aliphatic carbocycles. The molecule has 15 heteroatoms. The van der Waals surface area contributed by atoms with E-state index in [2.05, 4.69) is 35.4 Å². The van der Waals surface area contributed by atoms with Crippen LogP contribution in [0.25, 0.3) is 0 Å². The molecule has 0 saturated heterocycles. The molecule has 1 rings (SSSR count). The number of amides is 2. The van der Waals surface area contributed by atoms with Crippen LogP contribution in [-0.2, 0) is 19.0 Å². The van der Waals surface area contributed by atoms with Gasteiger partial charge in [-0.25, -0.2) is 19.6 Å². The van der Waals surface area contributed by atoms with E-state index in [4.69, 9.17) is 33.2 Å². The molecule has 14 nitrogen and oxygen atoms in total. The molecule has 33 heavy (non-hydrogen) atoms. The molecule has 8 N–H and O–H groups in total. The molecule has 1 heterocycles. The number of carbonyl (C=O) groups is 3. The van der Waals surface area contributed by atoms with Gasteiger partial charge in [0.2, 0.25) is 0 Å². The molecule has 0 saturated carbocycles. The fourth-order valence-electron chi connectivity index (χ4n) is 2.43. The summed E-state index contributed by atoms with van der Waals surface area (Å²) in [6, 6.07) is -0.946. The zero-order valence-corrected chi connectivity index (χ0v) is 19.2. The Morgan fingerprint density at radius 1 is 1.06 bits per heavy atom. The van der Waals surface area contributed by atoms with Crippen LogP contribution in [0.1, 0.15) is 36.2 Å². The molecular formula is C18H29ClN8O6. The minimum atomic E-state index is -0.946. The molecule has 1 aromatic rings. The van der Waals surface area contributed by atoms with Gasteiger partial charge in [-0.05, 0) is 12.8 Å². The van der Waals surface area contributed by atoms with Crippen molar-refractivity contribution in [1.29, 1.82) is 5.41 Å². The number of unbranched alkanes of at least 4 members (excludes halogenated alkanes) is 3. The van der Waals surface area contributed by atoms with Crippen molar-refractivity contribution < 1.29 is 28.6 Å². The number of ether oxygens (including phenoxy) is 3. The number of carbonyl (C=O) groups excluding carboxylic acids is 3. The molecule has 0 aliphatic rings. The van der Waals surface area contributed by atoms with Crippen molar-refractivity contribution in [3.05, 3.63) is 10.8 Å². The summed E-state index contributed by atoms with van der Waals surface area (Å²) in [4.78, 5) is 42.4. The summed E-state index contributed by atoms with van der Waals surface area (Å²) >= 11 is 5.74. The maximum absolute atomic E-state index is 12.1. The maximum Gasteiger partial charge on any atom is 0.407 e. The van der Waals surface area contributed by atoms with Gasteiger partial charge in [0.1, 0.15) is 0 Å². The molecular weight excluding hydrogens is 460 g/mol. The second kappa shape index (κ2) is 14.6. The first-order valence-electron chi connectivity index (χ1n) is 9.91. The third-order valence-electron chi connectivity index (χ3n) is 4.12. The Kier molecular flexibility index (Phi) is 12.3. The highest BCUT2D eigenvalue weighted by molar-refractivity contribution is 6.31. The summed E-state index contributed by atoms with van der Waals surface area (Å²) < 4.78 is 14.5. The van der Waals surface area contributed by atoms with Gasteiger partial charge in [-0.15, -0.1) is 0 Å². The van der Waals surface area contributed by atoms with E-state index in [0.29, 0.717) is 13.2 Å². The number of nitrogens with two attached hydrogens (primary N) is 2. The molecule has 0 aromatic carbocycles. The highest BCUT2D eigenvalue weighted by Gasteiger charge is 2.22. The Morgan fingerprint density at radius 3 is 2.42 bits per heavy atom. The number of hydrogen-bond acceptors (Lipinski definition) is 11. The first kappa shape index (κ1) is 27.6. The van der Waals surface area contributed by atoms with E-state index in [-0.39, 0.29) is 35.0 Å². The Hall–Kier alpha value is -3.39. The van der Waals surface area contributed by atoms with Crippen LogP contribution < -0.4 is 27.4 Å². The van der Waals surface area contributed by atoms with Crippen LogP contribution in [-0.4, -0.2) is 73.9 Å². The lowest BCUT2D eigenvalue weighted by Crippen LogP contribution is -2.44. The number of rotatable bonds is 12. The first-order valence-corrected chi connectivity index (χ1v) is 10.3. The van der Waals surface area contributed by atoms with Crippen molar-refractivity contribution in [3.63, 3.8) is 0 Å². The van der Waals surface area contributed by atoms with Crippen LogP contribution in [0.4, 0.5) is 16.4 Å². The van der Waals surface area contributed by atoms with E-state index in [1.807, 2.05) is 0 Å². The average Bonchev–Trinajstić information content (AvgIpc) is 2.78. The highest BCUT2D eigenvalue weighted by Crippen LogP contribution is 2.17. The fourth-order valence-corrected chi connectivity index (χ4v) is 2.56. The van der Waals surface area contributed by atoms with E-state index in [0.717, 1.165) is 25.7 Å². The smallest absolute Gasteiger partial charge is 0.407 e. The Labute approximate surface area is 195 Å². The summed E-state index contributed by atoms with van der Waals surface area (Å²) in [5.41, 5.74) is 10.8. The minimum absolute atomic E-state index is 0.0334. The Balaban J connectivity index is 2.18. The number of alkyl carbamates (subject to hydrolysis) is 1. The van der Waals surface area contributed by atoms with E-state index < -0.39 is 24.0 Å². The van der Waals surface area contributed by atoms with E-state index in [1.54, 1.807) is 0 Å². The topological polar surface area (TPSA) is 217 Å². The number of nitrogens with one attached hydrogen (secondary N) is 4. The second-order valence-electron chi connectivity index (χ2n) is 6.59. The predicted molar refractivity (Wildman–Crippen MR) is 120 cm³/mol. The van der Waals surface area contributed by atoms with Crippen LogP contribution in [0.3, 0.4) is 0 Å². The standard InChI is InChI=1S/C18H29ClN8O6/c1-31-16(29)10(24-18(30)32-2)9-33-8-6-4-3-5-7-23-17(22)27-15(28)11-13(20)26-14(21)12(19)25-11/h10H,3-9H2,1-2H3,(H,24,30)(H4,20,21,26)(H3,22,23,27,28)/t10-/m0/s1. The van der Waals surface area contributed by atoms with Crippen LogP contribution in [0.15, 0.2) is 0 Å². The fraction of sp³-hybridized carbons (Fsp3) is 0.556. The van der Waals surface area contributed by atoms with Gasteiger partial charge in [0.15, 0.2) is 34.5 Å². The monoisotopic (exact) mass is 488 g/mol. The van der Waals surface area contributed by atoms with E-state index >= 15 is 0 Å². The Morgan fingerprint density at radius 2 is 1.76 bits per heavy atom. The molecule has 2 amide bonds. The molecule has 0 radical (unpaired) electrons. The molecule has 0 spiro atoms. The molecule has 184 valence electrons. The van der Waals surface area contributed by atoms with Gasteiger partial charge in [-0.1, -0.05) is 24.4 Å². The van der Waals surface area contributed by atoms with Crippen molar-refractivity contribution in [1.82, 2.24) is 25.9 Å². The summed E-state index contributed by atoms with van der Waals surface area (Å²) in [7, 11) is 2.40. The lowest BCUT2D eigenvalue weighted by atomic mass is 10.2. The third-order valence-corrected chi connectivity index (χ3v) is 4.40. The van der Waals surface area contributed by atoms with Gasteiger partial charge in [0.25, 0.3) is 5.91 Å². The zero-order valence-electron chi connectivity index (χ0n) is 18.4.